The lowest BCUT2D eigenvalue weighted by Crippen LogP contribution is -2.37. The second-order valence-corrected chi connectivity index (χ2v) is 5.86. The summed E-state index contributed by atoms with van der Waals surface area (Å²) >= 11 is 0. The van der Waals surface area contributed by atoms with Crippen molar-refractivity contribution in [3.8, 4) is 0 Å². The maximum absolute atomic E-state index is 12.4. The summed E-state index contributed by atoms with van der Waals surface area (Å²) in [5.74, 6) is 0.325. The van der Waals surface area contributed by atoms with Gasteiger partial charge in [-0.2, -0.15) is 0 Å². The van der Waals surface area contributed by atoms with Crippen LogP contribution >= 0.6 is 0 Å². The number of hydrogen-bond acceptors (Lipinski definition) is 6. The molecule has 1 N–H and O–H groups in total. The first kappa shape index (κ1) is 17.0. The van der Waals surface area contributed by atoms with E-state index in [4.69, 9.17) is 4.74 Å². The molecule has 7 heteroatoms. The van der Waals surface area contributed by atoms with Gasteiger partial charge in [0.1, 0.15) is 0 Å². The van der Waals surface area contributed by atoms with Gasteiger partial charge in [-0.25, -0.2) is 9.97 Å². The molecule has 130 valence electrons. The van der Waals surface area contributed by atoms with Gasteiger partial charge in [0.05, 0.1) is 24.5 Å². The summed E-state index contributed by atoms with van der Waals surface area (Å²) in [7, 11) is 0. The lowest BCUT2D eigenvalue weighted by atomic mass is 10.1. The first-order valence-corrected chi connectivity index (χ1v) is 8.13. The van der Waals surface area contributed by atoms with E-state index in [1.54, 1.807) is 37.4 Å². The van der Waals surface area contributed by atoms with E-state index in [-0.39, 0.29) is 11.7 Å². The molecule has 0 atom stereocenters. The van der Waals surface area contributed by atoms with E-state index in [1.807, 2.05) is 4.90 Å². The van der Waals surface area contributed by atoms with E-state index in [0.29, 0.717) is 41.7 Å². The molecule has 1 amide bonds. The number of hydrogen-bond donors (Lipinski definition) is 1. The van der Waals surface area contributed by atoms with Crippen LogP contribution in [0.3, 0.4) is 0 Å². The fourth-order valence-corrected chi connectivity index (χ4v) is 2.58. The van der Waals surface area contributed by atoms with Gasteiger partial charge >= 0.3 is 0 Å². The fraction of sp³-hybridized carbons (Fsp3) is 0.333. The Hall–Kier alpha value is -2.80. The van der Waals surface area contributed by atoms with Crippen molar-refractivity contribution in [3.63, 3.8) is 0 Å². The number of rotatable bonds is 4. The van der Waals surface area contributed by atoms with Gasteiger partial charge in [0.2, 0.25) is 5.95 Å². The number of anilines is 2. The van der Waals surface area contributed by atoms with E-state index >= 15 is 0 Å². The van der Waals surface area contributed by atoms with Crippen LogP contribution in [0.25, 0.3) is 0 Å². The topological polar surface area (TPSA) is 84.4 Å². The number of aryl methyl sites for hydroxylation is 1. The molecule has 2 heterocycles. The summed E-state index contributed by atoms with van der Waals surface area (Å²) < 4.78 is 5.32. The summed E-state index contributed by atoms with van der Waals surface area (Å²) in [5, 5.41) is 2.80. The van der Waals surface area contributed by atoms with Gasteiger partial charge in [0.15, 0.2) is 5.78 Å². The van der Waals surface area contributed by atoms with Crippen molar-refractivity contribution in [2.45, 2.75) is 13.8 Å². The number of Topliss-reactive ketones (excluding diaryl/α,β-unsaturated/α-hetero) is 1. The van der Waals surface area contributed by atoms with Crippen molar-refractivity contribution < 1.29 is 14.3 Å². The molecule has 1 aromatic carbocycles. The Kier molecular flexibility index (Phi) is 5.04. The van der Waals surface area contributed by atoms with Crippen LogP contribution < -0.4 is 10.2 Å². The van der Waals surface area contributed by atoms with Gasteiger partial charge in [0, 0.05) is 30.5 Å². The van der Waals surface area contributed by atoms with Crippen LogP contribution in [0.15, 0.2) is 30.5 Å². The third-order valence-corrected chi connectivity index (χ3v) is 4.05. The van der Waals surface area contributed by atoms with Crippen molar-refractivity contribution in [1.82, 2.24) is 9.97 Å². The summed E-state index contributed by atoms with van der Waals surface area (Å²) in [5.41, 5.74) is 2.26. The number of aromatic nitrogens is 2. The number of nitrogens with zero attached hydrogens (tertiary/aromatic N) is 3. The Morgan fingerprint density at radius 3 is 2.44 bits per heavy atom. The van der Waals surface area contributed by atoms with Crippen molar-refractivity contribution >= 4 is 23.3 Å². The molecule has 1 aromatic heterocycles. The maximum Gasteiger partial charge on any atom is 0.259 e. The molecule has 1 aliphatic rings. The van der Waals surface area contributed by atoms with E-state index in [9.17, 15) is 9.59 Å². The molecule has 0 unspecified atom stereocenters. The summed E-state index contributed by atoms with van der Waals surface area (Å²) in [6.07, 6.45) is 1.55. The van der Waals surface area contributed by atoms with Gasteiger partial charge in [-0.1, -0.05) is 0 Å². The monoisotopic (exact) mass is 340 g/mol. The highest BCUT2D eigenvalue weighted by atomic mass is 16.5. The van der Waals surface area contributed by atoms with Crippen LogP contribution in [0, 0.1) is 6.92 Å². The second-order valence-electron chi connectivity index (χ2n) is 5.86. The highest BCUT2D eigenvalue weighted by Gasteiger charge is 2.17. The highest BCUT2D eigenvalue weighted by Crippen LogP contribution is 2.16. The number of carbonyl (C=O) groups is 2. The first-order valence-electron chi connectivity index (χ1n) is 8.13. The molecule has 0 spiro atoms. The molecule has 7 nitrogen and oxygen atoms in total. The zero-order valence-corrected chi connectivity index (χ0v) is 14.3. The zero-order chi connectivity index (χ0) is 17.8. The van der Waals surface area contributed by atoms with Crippen molar-refractivity contribution in [2.75, 3.05) is 36.5 Å². The molecule has 1 fully saturated rings. The van der Waals surface area contributed by atoms with Crippen LogP contribution in [0.2, 0.25) is 0 Å². The first-order chi connectivity index (χ1) is 12.0. The Balaban J connectivity index is 1.72. The van der Waals surface area contributed by atoms with Crippen LogP contribution in [0.4, 0.5) is 11.6 Å². The van der Waals surface area contributed by atoms with Crippen LogP contribution in [0.1, 0.15) is 33.3 Å². The second kappa shape index (κ2) is 7.40. The van der Waals surface area contributed by atoms with Crippen LogP contribution in [-0.4, -0.2) is 48.0 Å². The summed E-state index contributed by atoms with van der Waals surface area (Å²) in [6.45, 7) is 6.09. The molecule has 0 saturated carbocycles. The minimum absolute atomic E-state index is 0.0131. The predicted molar refractivity (Wildman–Crippen MR) is 94.2 cm³/mol. The number of benzene rings is 1. The molecule has 1 aliphatic heterocycles. The predicted octanol–water partition coefficient (Wildman–Crippen LogP) is 2.08. The lowest BCUT2D eigenvalue weighted by Gasteiger charge is -2.27. The van der Waals surface area contributed by atoms with Crippen LogP contribution in [-0.2, 0) is 4.74 Å². The number of ketones is 1. The molecular weight excluding hydrogens is 320 g/mol. The minimum atomic E-state index is -0.276. The number of ether oxygens (including phenoxy) is 1. The molecule has 0 aliphatic carbocycles. The van der Waals surface area contributed by atoms with Gasteiger partial charge in [-0.05, 0) is 38.1 Å². The van der Waals surface area contributed by atoms with Gasteiger partial charge < -0.3 is 15.0 Å². The van der Waals surface area contributed by atoms with E-state index < -0.39 is 0 Å². The van der Waals surface area contributed by atoms with Crippen molar-refractivity contribution in [3.05, 3.63) is 47.3 Å². The molecule has 3 rings (SSSR count). The highest BCUT2D eigenvalue weighted by molar-refractivity contribution is 6.05. The maximum atomic E-state index is 12.4. The van der Waals surface area contributed by atoms with Crippen LogP contribution in [0.5, 0.6) is 0 Å². The Morgan fingerprint density at radius 1 is 1.16 bits per heavy atom. The van der Waals surface area contributed by atoms with Crippen molar-refractivity contribution in [1.29, 1.82) is 0 Å². The third-order valence-electron chi connectivity index (χ3n) is 4.05. The SMILES string of the molecule is CC(=O)c1ccc(NC(=O)c2cnc(N3CCOCC3)nc2C)cc1. The molecule has 2 aromatic rings. The number of morpholine rings is 1. The normalized spacial score (nSPS) is 14.2. The molecular formula is C18H20N4O3. The third kappa shape index (κ3) is 4.00. The Bertz CT molecular complexity index is 783. The number of amides is 1. The largest absolute Gasteiger partial charge is 0.378 e. The molecule has 0 bridgehead atoms. The van der Waals surface area contributed by atoms with Crippen molar-refractivity contribution in [2.24, 2.45) is 0 Å². The average Bonchev–Trinajstić information content (AvgIpc) is 2.62. The number of nitrogens with one attached hydrogen (secondary N) is 1. The fourth-order valence-electron chi connectivity index (χ4n) is 2.58. The number of carbonyl (C=O) groups excluding carboxylic acids is 2. The average molecular weight is 340 g/mol. The van der Waals surface area contributed by atoms with Gasteiger partial charge in [-0.15, -0.1) is 0 Å². The lowest BCUT2D eigenvalue weighted by molar-refractivity contribution is 0.101. The summed E-state index contributed by atoms with van der Waals surface area (Å²) in [4.78, 5) is 34.5. The molecule has 25 heavy (non-hydrogen) atoms. The smallest absolute Gasteiger partial charge is 0.259 e. The summed E-state index contributed by atoms with van der Waals surface area (Å²) in [6, 6.07) is 6.77. The zero-order valence-electron chi connectivity index (χ0n) is 14.3. The Morgan fingerprint density at radius 2 is 1.84 bits per heavy atom. The standard InChI is InChI=1S/C18H20N4O3/c1-12-16(11-19-18(20-12)22-7-9-25-10-8-22)17(24)21-15-5-3-14(4-6-15)13(2)23/h3-6,11H,7-10H2,1-2H3,(H,21,24). The minimum Gasteiger partial charge on any atom is -0.378 e. The quantitative estimate of drug-likeness (QED) is 0.858. The van der Waals surface area contributed by atoms with E-state index in [2.05, 4.69) is 15.3 Å². The van der Waals surface area contributed by atoms with E-state index in [1.165, 1.54) is 6.92 Å². The van der Waals surface area contributed by atoms with Gasteiger partial charge in [-0.3, -0.25) is 9.59 Å². The molecule has 1 saturated heterocycles. The van der Waals surface area contributed by atoms with E-state index in [0.717, 1.165) is 13.1 Å². The molecule has 0 radical (unpaired) electrons. The van der Waals surface area contributed by atoms with Gasteiger partial charge in [0.25, 0.3) is 5.91 Å². The Labute approximate surface area is 146 Å².